The summed E-state index contributed by atoms with van der Waals surface area (Å²) in [5.41, 5.74) is 3.16. The number of benzene rings is 2. The Hall–Kier alpha value is -3.03. The minimum Gasteiger partial charge on any atom is -0.478 e. The lowest BCUT2D eigenvalue weighted by molar-refractivity contribution is 0.0682. The molecule has 0 saturated carbocycles. The maximum absolute atomic E-state index is 13.1. The van der Waals surface area contributed by atoms with Crippen LogP contribution in [0.25, 0.3) is 11.5 Å². The Balaban J connectivity index is 1.36. The summed E-state index contributed by atoms with van der Waals surface area (Å²) in [5.74, 6) is -0.118. The second-order valence-electron chi connectivity index (χ2n) is 7.26. The number of hydrogen-bond acceptors (Lipinski definition) is 5. The number of oxazole rings is 1. The minimum atomic E-state index is -0.934. The van der Waals surface area contributed by atoms with Crippen LogP contribution < -0.4 is 0 Å². The molecule has 1 heterocycles. The van der Waals surface area contributed by atoms with E-state index >= 15 is 0 Å². The number of carbonyl (C=O) groups is 1. The Morgan fingerprint density at radius 2 is 1.71 bits per heavy atom. The molecule has 0 unspecified atom stereocenters. The molecule has 6 nitrogen and oxygen atoms in total. The topological polar surface area (TPSA) is 81.8 Å². The summed E-state index contributed by atoms with van der Waals surface area (Å²) in [7, 11) is 0. The number of halogens is 1. The first-order valence-corrected chi connectivity index (χ1v) is 10.1. The van der Waals surface area contributed by atoms with Crippen LogP contribution in [0.5, 0.6) is 0 Å². The van der Waals surface area contributed by atoms with E-state index in [-0.39, 0.29) is 12.4 Å². The third-order valence-electron chi connectivity index (χ3n) is 4.88. The zero-order valence-electron chi connectivity index (χ0n) is 17.7. The lowest BCUT2D eigenvalue weighted by Gasteiger charge is -2.09. The highest BCUT2D eigenvalue weighted by atomic mass is 19.1. The molecule has 1 N–H and O–H groups in total. The van der Waals surface area contributed by atoms with E-state index in [0.29, 0.717) is 48.2 Å². The van der Waals surface area contributed by atoms with Gasteiger partial charge in [-0.05, 0) is 62.1 Å². The summed E-state index contributed by atoms with van der Waals surface area (Å²) in [6.07, 6.45) is 1.61. The molecule has 3 aromatic rings. The van der Waals surface area contributed by atoms with Gasteiger partial charge in [-0.15, -0.1) is 0 Å². The highest BCUT2D eigenvalue weighted by molar-refractivity contribution is 5.91. The number of carboxylic acids is 1. The molecule has 3 rings (SSSR count). The van der Waals surface area contributed by atoms with E-state index in [0.717, 1.165) is 24.1 Å². The fraction of sp³-hybridized carbons (Fsp3) is 0.333. The number of hydrogen-bond donors (Lipinski definition) is 1. The first-order valence-electron chi connectivity index (χ1n) is 10.1. The molecule has 0 fully saturated rings. The van der Waals surface area contributed by atoms with E-state index in [1.54, 1.807) is 31.2 Å². The van der Waals surface area contributed by atoms with Gasteiger partial charge in [0.15, 0.2) is 0 Å². The van der Waals surface area contributed by atoms with Gasteiger partial charge in [-0.1, -0.05) is 18.2 Å². The molecule has 31 heavy (non-hydrogen) atoms. The van der Waals surface area contributed by atoms with Crippen molar-refractivity contribution in [1.82, 2.24) is 4.98 Å². The molecular formula is C24H26FNO5. The van der Waals surface area contributed by atoms with Gasteiger partial charge in [0.05, 0.1) is 18.8 Å². The molecule has 0 amide bonds. The van der Waals surface area contributed by atoms with E-state index in [4.69, 9.17) is 13.9 Å². The fourth-order valence-electron chi connectivity index (χ4n) is 3.19. The van der Waals surface area contributed by atoms with Gasteiger partial charge in [-0.2, -0.15) is 0 Å². The summed E-state index contributed by atoms with van der Waals surface area (Å²) in [5, 5.41) is 9.34. The van der Waals surface area contributed by atoms with Gasteiger partial charge in [0.25, 0.3) is 0 Å². The second-order valence-corrected chi connectivity index (χ2v) is 7.26. The fourth-order valence-corrected chi connectivity index (χ4v) is 3.19. The zero-order chi connectivity index (χ0) is 22.2. The number of nitrogens with zero attached hydrogens (tertiary/aromatic N) is 1. The van der Waals surface area contributed by atoms with E-state index < -0.39 is 5.97 Å². The third-order valence-corrected chi connectivity index (χ3v) is 4.88. The molecule has 0 radical (unpaired) electrons. The number of carboxylic acid groups (broad SMARTS) is 1. The lowest BCUT2D eigenvalue weighted by Crippen LogP contribution is -2.07. The van der Waals surface area contributed by atoms with Crippen LogP contribution in [0.3, 0.4) is 0 Å². The predicted molar refractivity (Wildman–Crippen MR) is 113 cm³/mol. The van der Waals surface area contributed by atoms with Gasteiger partial charge in [0.2, 0.25) is 5.89 Å². The van der Waals surface area contributed by atoms with Crippen molar-refractivity contribution in [3.63, 3.8) is 0 Å². The summed E-state index contributed by atoms with van der Waals surface area (Å²) < 4.78 is 30.0. The van der Waals surface area contributed by atoms with Crippen molar-refractivity contribution in [2.24, 2.45) is 0 Å². The van der Waals surface area contributed by atoms with E-state index in [1.807, 2.05) is 13.0 Å². The molecule has 7 heteroatoms. The van der Waals surface area contributed by atoms with Crippen LogP contribution in [-0.2, 0) is 22.7 Å². The molecule has 2 aromatic carbocycles. The Morgan fingerprint density at radius 1 is 1.03 bits per heavy atom. The SMILES string of the molecule is Cc1cccc(COCCCCOCc2nc(-c3ccc(F)cc3)oc2C)c1C(=O)O. The number of aromatic carboxylic acids is 1. The molecule has 0 aliphatic rings. The van der Waals surface area contributed by atoms with Gasteiger partial charge in [-0.25, -0.2) is 14.2 Å². The number of aromatic nitrogens is 1. The molecule has 0 aliphatic heterocycles. The number of aryl methyl sites for hydroxylation is 2. The van der Waals surface area contributed by atoms with E-state index in [9.17, 15) is 14.3 Å². The van der Waals surface area contributed by atoms with Gasteiger partial charge in [-0.3, -0.25) is 0 Å². The molecule has 1 aromatic heterocycles. The quantitative estimate of drug-likeness (QED) is 0.418. The molecule has 0 spiro atoms. The Bertz CT molecular complexity index is 1010. The normalized spacial score (nSPS) is 11.1. The Morgan fingerprint density at radius 3 is 2.39 bits per heavy atom. The van der Waals surface area contributed by atoms with Gasteiger partial charge >= 0.3 is 5.97 Å². The van der Waals surface area contributed by atoms with Crippen molar-refractivity contribution in [3.8, 4) is 11.5 Å². The predicted octanol–water partition coefficient (Wildman–Crippen LogP) is 5.31. The van der Waals surface area contributed by atoms with Crippen molar-refractivity contribution < 1.29 is 28.2 Å². The maximum Gasteiger partial charge on any atom is 0.336 e. The summed E-state index contributed by atoms with van der Waals surface area (Å²) >= 11 is 0. The lowest BCUT2D eigenvalue weighted by atomic mass is 10.0. The average molecular weight is 427 g/mol. The molecular weight excluding hydrogens is 401 g/mol. The van der Waals surface area contributed by atoms with Gasteiger partial charge < -0.3 is 19.0 Å². The van der Waals surface area contributed by atoms with Gasteiger partial charge in [0.1, 0.15) is 17.3 Å². The van der Waals surface area contributed by atoms with E-state index in [2.05, 4.69) is 4.98 Å². The molecule has 0 saturated heterocycles. The van der Waals surface area contributed by atoms with Crippen LogP contribution in [0.2, 0.25) is 0 Å². The van der Waals surface area contributed by atoms with Crippen LogP contribution in [0.15, 0.2) is 46.9 Å². The number of rotatable bonds is 11. The maximum atomic E-state index is 13.1. The van der Waals surface area contributed by atoms with Crippen molar-refractivity contribution in [1.29, 1.82) is 0 Å². The van der Waals surface area contributed by atoms with Crippen LogP contribution in [0.4, 0.5) is 4.39 Å². The van der Waals surface area contributed by atoms with Crippen LogP contribution in [0, 0.1) is 19.7 Å². The zero-order valence-corrected chi connectivity index (χ0v) is 17.7. The van der Waals surface area contributed by atoms with Crippen molar-refractivity contribution in [2.75, 3.05) is 13.2 Å². The highest BCUT2D eigenvalue weighted by Gasteiger charge is 2.13. The second kappa shape index (κ2) is 10.8. The van der Waals surface area contributed by atoms with Crippen molar-refractivity contribution in [3.05, 3.63) is 76.4 Å². The van der Waals surface area contributed by atoms with Crippen molar-refractivity contribution >= 4 is 5.97 Å². The number of unbranched alkanes of at least 4 members (excludes halogenated alkanes) is 1. The molecule has 164 valence electrons. The third kappa shape index (κ3) is 6.23. The van der Waals surface area contributed by atoms with Crippen molar-refractivity contribution in [2.45, 2.75) is 39.9 Å². The molecule has 0 atom stereocenters. The molecule has 0 aliphatic carbocycles. The van der Waals surface area contributed by atoms with Crippen LogP contribution in [-0.4, -0.2) is 29.3 Å². The van der Waals surface area contributed by atoms with Crippen LogP contribution in [0.1, 0.15) is 45.8 Å². The first-order chi connectivity index (χ1) is 15.0. The summed E-state index contributed by atoms with van der Waals surface area (Å²) in [4.78, 5) is 15.8. The van der Waals surface area contributed by atoms with Gasteiger partial charge in [0, 0.05) is 18.8 Å². The standard InChI is InChI=1S/C24H26FNO5/c1-16-6-5-7-19(22(16)24(27)28)14-29-12-3-4-13-30-15-21-17(2)31-23(26-21)18-8-10-20(25)11-9-18/h5-11H,3-4,12-15H2,1-2H3,(H,27,28). The first kappa shape index (κ1) is 22.7. The van der Waals surface area contributed by atoms with E-state index in [1.165, 1.54) is 12.1 Å². The summed E-state index contributed by atoms with van der Waals surface area (Å²) in [6.45, 7) is 5.28. The summed E-state index contributed by atoms with van der Waals surface area (Å²) in [6, 6.07) is 11.4. The van der Waals surface area contributed by atoms with Crippen LogP contribution >= 0.6 is 0 Å². The monoisotopic (exact) mass is 427 g/mol. The highest BCUT2D eigenvalue weighted by Crippen LogP contribution is 2.22. The molecule has 0 bridgehead atoms. The average Bonchev–Trinajstić information content (AvgIpc) is 3.10. The Kier molecular flexibility index (Phi) is 7.92. The number of ether oxygens (including phenoxy) is 2. The Labute approximate surface area is 180 Å². The minimum absolute atomic E-state index is 0.272. The largest absolute Gasteiger partial charge is 0.478 e. The smallest absolute Gasteiger partial charge is 0.336 e.